The number of carbonyl (C=O) groups excluding carboxylic acids is 1. The summed E-state index contributed by atoms with van der Waals surface area (Å²) < 4.78 is 22.5. The second-order valence-corrected chi connectivity index (χ2v) is 6.76. The number of rotatable bonds is 5. The highest BCUT2D eigenvalue weighted by Gasteiger charge is 2.51. The molecule has 0 radical (unpaired) electrons. The molecule has 1 aliphatic rings. The maximum Gasteiger partial charge on any atom is 0.494 e. The van der Waals surface area contributed by atoms with Crippen LogP contribution in [0.3, 0.4) is 0 Å². The van der Waals surface area contributed by atoms with Gasteiger partial charge in [-0.25, -0.2) is 4.79 Å². The van der Waals surface area contributed by atoms with Crippen LogP contribution in [-0.2, 0) is 18.8 Å². The van der Waals surface area contributed by atoms with E-state index in [2.05, 4.69) is 0 Å². The number of carbonyl (C=O) groups is 1. The number of hydrogen-bond acceptors (Lipinski definition) is 5. The zero-order valence-corrected chi connectivity index (χ0v) is 14.8. The average molecular weight is 320 g/mol. The average Bonchev–Trinajstić information content (AvgIpc) is 2.65. The highest BCUT2D eigenvalue weighted by molar-refractivity contribution is 6.62. The summed E-state index contributed by atoms with van der Waals surface area (Å²) in [5.41, 5.74) is 1.10. The van der Waals surface area contributed by atoms with Crippen molar-refractivity contribution in [3.8, 4) is 5.75 Å². The predicted octanol–water partition coefficient (Wildman–Crippen LogP) is 2.24. The zero-order chi connectivity index (χ0) is 17.3. The van der Waals surface area contributed by atoms with Crippen LogP contribution in [-0.4, -0.2) is 37.5 Å². The fourth-order valence-corrected chi connectivity index (χ4v) is 2.32. The van der Waals surface area contributed by atoms with Crippen molar-refractivity contribution in [2.75, 3.05) is 13.2 Å². The Morgan fingerprint density at radius 1 is 1.13 bits per heavy atom. The third kappa shape index (κ3) is 4.06. The zero-order valence-electron chi connectivity index (χ0n) is 14.8. The lowest BCUT2D eigenvalue weighted by molar-refractivity contribution is -0.145. The Hall–Kier alpha value is -1.53. The minimum absolute atomic E-state index is 0.111. The maximum atomic E-state index is 11.4. The summed E-state index contributed by atoms with van der Waals surface area (Å²) >= 11 is 0. The van der Waals surface area contributed by atoms with Gasteiger partial charge in [0.25, 0.3) is 0 Å². The van der Waals surface area contributed by atoms with E-state index < -0.39 is 18.3 Å². The van der Waals surface area contributed by atoms with Crippen LogP contribution in [0, 0.1) is 6.92 Å². The molecule has 2 rings (SSSR count). The lowest BCUT2D eigenvalue weighted by atomic mass is 9.78. The molecule has 0 amide bonds. The molecule has 1 aromatic carbocycles. The molecule has 0 aliphatic carbocycles. The first-order valence-corrected chi connectivity index (χ1v) is 7.90. The molecule has 0 aromatic heterocycles. The molecule has 1 aliphatic heterocycles. The quantitative estimate of drug-likeness (QED) is 0.615. The minimum atomic E-state index is -0.454. The molecule has 1 heterocycles. The number of aryl methyl sites for hydroxylation is 1. The van der Waals surface area contributed by atoms with Gasteiger partial charge in [-0.15, -0.1) is 0 Å². The predicted molar refractivity (Wildman–Crippen MR) is 89.0 cm³/mol. The van der Waals surface area contributed by atoms with Gasteiger partial charge >= 0.3 is 13.1 Å². The number of benzene rings is 1. The number of hydrogen-bond donors (Lipinski definition) is 0. The van der Waals surface area contributed by atoms with Gasteiger partial charge in [0.05, 0.1) is 17.8 Å². The van der Waals surface area contributed by atoms with Crippen LogP contribution < -0.4 is 10.2 Å². The van der Waals surface area contributed by atoms with E-state index in [0.717, 1.165) is 11.0 Å². The van der Waals surface area contributed by atoms with Crippen LogP contribution >= 0.6 is 0 Å². The van der Waals surface area contributed by atoms with E-state index in [1.165, 1.54) is 0 Å². The normalized spacial score (nSPS) is 18.8. The highest BCUT2D eigenvalue weighted by Crippen LogP contribution is 2.36. The number of ether oxygens (including phenoxy) is 2. The lowest BCUT2D eigenvalue weighted by Crippen LogP contribution is -2.41. The van der Waals surface area contributed by atoms with Crippen molar-refractivity contribution in [1.29, 1.82) is 0 Å². The van der Waals surface area contributed by atoms with E-state index in [0.29, 0.717) is 12.4 Å². The van der Waals surface area contributed by atoms with E-state index >= 15 is 0 Å². The summed E-state index contributed by atoms with van der Waals surface area (Å²) in [6.07, 6.45) is 0. The molecule has 6 heteroatoms. The summed E-state index contributed by atoms with van der Waals surface area (Å²) in [5.74, 6) is 0.217. The first-order chi connectivity index (χ1) is 10.6. The van der Waals surface area contributed by atoms with Crippen LogP contribution in [0.2, 0.25) is 0 Å². The summed E-state index contributed by atoms with van der Waals surface area (Å²) in [5, 5.41) is 0. The molecule has 0 atom stereocenters. The lowest BCUT2D eigenvalue weighted by Gasteiger charge is -2.32. The second kappa shape index (κ2) is 6.53. The second-order valence-electron chi connectivity index (χ2n) is 6.76. The van der Waals surface area contributed by atoms with Crippen LogP contribution in [0.5, 0.6) is 5.75 Å². The molecule has 1 saturated heterocycles. The first kappa shape index (κ1) is 17.8. The van der Waals surface area contributed by atoms with Crippen molar-refractivity contribution in [1.82, 2.24) is 0 Å². The Labute approximate surface area is 138 Å². The van der Waals surface area contributed by atoms with Gasteiger partial charge in [0.15, 0.2) is 6.61 Å². The van der Waals surface area contributed by atoms with Crippen molar-refractivity contribution >= 4 is 18.6 Å². The van der Waals surface area contributed by atoms with E-state index in [9.17, 15) is 4.79 Å². The smallest absolute Gasteiger partial charge is 0.482 e. The van der Waals surface area contributed by atoms with Crippen molar-refractivity contribution in [2.24, 2.45) is 0 Å². The minimum Gasteiger partial charge on any atom is -0.482 e. The summed E-state index contributed by atoms with van der Waals surface area (Å²) in [6.45, 7) is 12.0. The Morgan fingerprint density at radius 3 is 2.30 bits per heavy atom. The van der Waals surface area contributed by atoms with Crippen LogP contribution in [0.25, 0.3) is 0 Å². The van der Waals surface area contributed by atoms with Gasteiger partial charge in [-0.1, -0.05) is 6.07 Å². The molecular formula is C17H25BO5. The van der Waals surface area contributed by atoms with Crippen LogP contribution in [0.1, 0.15) is 40.2 Å². The largest absolute Gasteiger partial charge is 0.494 e. The van der Waals surface area contributed by atoms with Gasteiger partial charge in [0.1, 0.15) is 5.75 Å². The van der Waals surface area contributed by atoms with E-state index in [1.54, 1.807) is 6.92 Å². The van der Waals surface area contributed by atoms with Gasteiger partial charge in [-0.3, -0.25) is 0 Å². The van der Waals surface area contributed by atoms with Crippen LogP contribution in [0.4, 0.5) is 0 Å². The van der Waals surface area contributed by atoms with Gasteiger partial charge in [0.2, 0.25) is 0 Å². The molecule has 126 valence electrons. The standard InChI is InChI=1S/C17H25BO5/c1-7-20-15(19)11-21-14-9-12(2)8-13(10-14)18-22-16(3,4)17(5,6)23-18/h8-10H,7,11H2,1-6H3. The summed E-state index contributed by atoms with van der Waals surface area (Å²) in [4.78, 5) is 11.4. The highest BCUT2D eigenvalue weighted by atomic mass is 16.7. The molecule has 5 nitrogen and oxygen atoms in total. The Kier molecular flexibility index (Phi) is 5.06. The van der Waals surface area contributed by atoms with Gasteiger partial charge in [-0.2, -0.15) is 0 Å². The monoisotopic (exact) mass is 320 g/mol. The Morgan fingerprint density at radius 2 is 1.74 bits per heavy atom. The third-order valence-corrected chi connectivity index (χ3v) is 4.26. The summed E-state index contributed by atoms with van der Waals surface area (Å²) in [6, 6.07) is 5.71. The molecule has 1 fully saturated rings. The molecule has 0 N–H and O–H groups in total. The van der Waals surface area contributed by atoms with Crippen molar-refractivity contribution in [2.45, 2.75) is 52.7 Å². The van der Waals surface area contributed by atoms with Crippen molar-refractivity contribution in [3.63, 3.8) is 0 Å². The van der Waals surface area contributed by atoms with Crippen molar-refractivity contribution < 1.29 is 23.6 Å². The van der Waals surface area contributed by atoms with E-state index in [-0.39, 0.29) is 12.6 Å². The molecule has 0 bridgehead atoms. The van der Waals surface area contributed by atoms with Crippen LogP contribution in [0.15, 0.2) is 18.2 Å². The topological polar surface area (TPSA) is 54.0 Å². The Balaban J connectivity index is 2.14. The maximum absolute atomic E-state index is 11.4. The first-order valence-electron chi connectivity index (χ1n) is 7.90. The molecule has 0 spiro atoms. The summed E-state index contributed by atoms with van der Waals surface area (Å²) in [7, 11) is -0.454. The molecule has 1 aromatic rings. The SMILES string of the molecule is CCOC(=O)COc1cc(C)cc(B2OC(C)(C)C(C)(C)O2)c1. The molecule has 23 heavy (non-hydrogen) atoms. The van der Waals surface area contributed by atoms with E-state index in [4.69, 9.17) is 18.8 Å². The van der Waals surface area contributed by atoms with Crippen molar-refractivity contribution in [3.05, 3.63) is 23.8 Å². The fourth-order valence-electron chi connectivity index (χ4n) is 2.32. The van der Waals surface area contributed by atoms with Gasteiger partial charge in [-0.05, 0) is 64.7 Å². The molecule has 0 saturated carbocycles. The fraction of sp³-hybridized carbons (Fsp3) is 0.588. The molecular weight excluding hydrogens is 295 g/mol. The third-order valence-electron chi connectivity index (χ3n) is 4.26. The van der Waals surface area contributed by atoms with Gasteiger partial charge < -0.3 is 18.8 Å². The Bertz CT molecular complexity index is 566. The van der Waals surface area contributed by atoms with Gasteiger partial charge in [0, 0.05) is 0 Å². The number of esters is 1. The van der Waals surface area contributed by atoms with E-state index in [1.807, 2.05) is 52.8 Å². The molecule has 0 unspecified atom stereocenters.